The van der Waals surface area contributed by atoms with Crippen molar-refractivity contribution in [3.05, 3.63) is 39.8 Å². The maximum absolute atomic E-state index is 12.6. The van der Waals surface area contributed by atoms with Gasteiger partial charge in [-0.2, -0.15) is 0 Å². The van der Waals surface area contributed by atoms with Crippen LogP contribution in [0.2, 0.25) is 0 Å². The van der Waals surface area contributed by atoms with Crippen LogP contribution in [0, 0.1) is 13.8 Å². The molecule has 1 aliphatic rings. The highest BCUT2D eigenvalue weighted by atomic mass is 32.1. The summed E-state index contributed by atoms with van der Waals surface area (Å²) in [5.74, 6) is 1.10. The smallest absolute Gasteiger partial charge is 0.265 e. The van der Waals surface area contributed by atoms with Crippen molar-refractivity contribution in [2.45, 2.75) is 45.9 Å². The summed E-state index contributed by atoms with van der Waals surface area (Å²) in [6.07, 6.45) is -1.01. The van der Waals surface area contributed by atoms with Crippen molar-refractivity contribution in [3.8, 4) is 11.5 Å². The first-order valence-corrected chi connectivity index (χ1v) is 8.44. The van der Waals surface area contributed by atoms with Crippen LogP contribution in [-0.4, -0.2) is 23.1 Å². The maximum atomic E-state index is 12.6. The summed E-state index contributed by atoms with van der Waals surface area (Å²) in [5.41, 5.74) is 0.958. The van der Waals surface area contributed by atoms with E-state index in [1.807, 2.05) is 52.0 Å². The molecule has 1 aromatic carbocycles. The molecular weight excluding hydrogens is 312 g/mol. The first kappa shape index (κ1) is 15.8. The molecule has 23 heavy (non-hydrogen) atoms. The van der Waals surface area contributed by atoms with Crippen molar-refractivity contribution in [3.63, 3.8) is 0 Å². The molecule has 0 radical (unpaired) electrons. The van der Waals surface area contributed by atoms with Crippen LogP contribution in [0.5, 0.6) is 11.5 Å². The first-order valence-electron chi connectivity index (χ1n) is 7.62. The summed E-state index contributed by atoms with van der Waals surface area (Å²) < 4.78 is 11.6. The van der Waals surface area contributed by atoms with Crippen LogP contribution in [0.1, 0.15) is 35.5 Å². The summed E-state index contributed by atoms with van der Waals surface area (Å²) in [7, 11) is 0. The van der Waals surface area contributed by atoms with Gasteiger partial charge in [-0.1, -0.05) is 12.1 Å². The van der Waals surface area contributed by atoms with Gasteiger partial charge < -0.3 is 14.8 Å². The van der Waals surface area contributed by atoms with E-state index in [0.29, 0.717) is 11.5 Å². The number of aryl methyl sites for hydroxylation is 2. The SMILES string of the molecule is Cc1nc(C)c(C(C)NC(=O)C2Oc3ccccc3OC2C)s1. The molecule has 0 saturated heterocycles. The molecule has 0 saturated carbocycles. The molecular formula is C17H20N2O3S. The number of nitrogens with one attached hydrogen (secondary N) is 1. The Balaban J connectivity index is 1.72. The van der Waals surface area contributed by atoms with E-state index in [2.05, 4.69) is 10.3 Å². The van der Waals surface area contributed by atoms with Gasteiger partial charge in [0.1, 0.15) is 6.10 Å². The standard InChI is InChI=1S/C17H20N2O3S/c1-9-16(23-12(4)18-9)10(2)19-17(20)15-11(3)21-13-7-5-6-8-14(13)22-15/h5-8,10-11,15H,1-4H3,(H,19,20). The van der Waals surface area contributed by atoms with E-state index >= 15 is 0 Å². The normalized spacial score (nSPS) is 20.9. The van der Waals surface area contributed by atoms with Crippen molar-refractivity contribution in [1.82, 2.24) is 10.3 Å². The van der Waals surface area contributed by atoms with Crippen LogP contribution in [0.15, 0.2) is 24.3 Å². The first-order chi connectivity index (χ1) is 11.0. The third-order valence-corrected chi connectivity index (χ3v) is 5.05. The highest BCUT2D eigenvalue weighted by Crippen LogP contribution is 2.33. The van der Waals surface area contributed by atoms with Gasteiger partial charge in [-0.25, -0.2) is 4.98 Å². The predicted molar refractivity (Wildman–Crippen MR) is 89.1 cm³/mol. The summed E-state index contributed by atoms with van der Waals surface area (Å²) in [5, 5.41) is 4.01. The second-order valence-electron chi connectivity index (χ2n) is 5.72. The van der Waals surface area contributed by atoms with Crippen molar-refractivity contribution < 1.29 is 14.3 Å². The Morgan fingerprint density at radius 2 is 1.91 bits per heavy atom. The molecule has 0 fully saturated rings. The van der Waals surface area contributed by atoms with E-state index in [1.165, 1.54) is 0 Å². The van der Waals surface area contributed by atoms with Gasteiger partial charge in [-0.3, -0.25) is 4.79 Å². The van der Waals surface area contributed by atoms with Gasteiger partial charge >= 0.3 is 0 Å². The topological polar surface area (TPSA) is 60.5 Å². The van der Waals surface area contributed by atoms with Gasteiger partial charge in [0.15, 0.2) is 11.5 Å². The Hall–Kier alpha value is -2.08. The number of aromatic nitrogens is 1. The average molecular weight is 332 g/mol. The van der Waals surface area contributed by atoms with Crippen molar-refractivity contribution in [2.75, 3.05) is 0 Å². The highest BCUT2D eigenvalue weighted by Gasteiger charge is 2.34. The van der Waals surface area contributed by atoms with Gasteiger partial charge in [-0.15, -0.1) is 11.3 Å². The molecule has 1 aliphatic heterocycles. The summed E-state index contributed by atoms with van der Waals surface area (Å²) in [4.78, 5) is 18.1. The molecule has 1 amide bonds. The minimum atomic E-state index is -0.665. The Morgan fingerprint density at radius 3 is 2.52 bits per heavy atom. The number of thiazole rings is 1. The van der Waals surface area contributed by atoms with Crippen LogP contribution in [0.3, 0.4) is 0 Å². The number of carbonyl (C=O) groups excluding carboxylic acids is 1. The number of rotatable bonds is 3. The fraction of sp³-hybridized carbons (Fsp3) is 0.412. The molecule has 0 aliphatic carbocycles. The Labute approximate surface area is 139 Å². The van der Waals surface area contributed by atoms with E-state index in [1.54, 1.807) is 11.3 Å². The summed E-state index contributed by atoms with van der Waals surface area (Å²) in [6.45, 7) is 7.72. The van der Waals surface area contributed by atoms with Crippen LogP contribution >= 0.6 is 11.3 Å². The van der Waals surface area contributed by atoms with Crippen molar-refractivity contribution in [1.29, 1.82) is 0 Å². The molecule has 0 bridgehead atoms. The Morgan fingerprint density at radius 1 is 1.26 bits per heavy atom. The van der Waals surface area contributed by atoms with Gasteiger partial charge in [-0.05, 0) is 39.8 Å². The minimum absolute atomic E-state index is 0.110. The lowest BCUT2D eigenvalue weighted by atomic mass is 10.1. The van der Waals surface area contributed by atoms with E-state index < -0.39 is 6.10 Å². The van der Waals surface area contributed by atoms with E-state index in [-0.39, 0.29) is 18.1 Å². The number of ether oxygens (including phenoxy) is 2. The predicted octanol–water partition coefficient (Wildman–Crippen LogP) is 3.17. The van der Waals surface area contributed by atoms with Crippen LogP contribution in [0.25, 0.3) is 0 Å². The van der Waals surface area contributed by atoms with Gasteiger partial charge in [0, 0.05) is 4.88 Å². The molecule has 0 spiro atoms. The zero-order valence-corrected chi connectivity index (χ0v) is 14.4. The molecule has 5 nitrogen and oxygen atoms in total. The zero-order valence-electron chi connectivity index (χ0n) is 13.6. The lowest BCUT2D eigenvalue weighted by Gasteiger charge is -2.31. The van der Waals surface area contributed by atoms with Gasteiger partial charge in [0.25, 0.3) is 5.91 Å². The monoisotopic (exact) mass is 332 g/mol. The number of hydrogen-bond donors (Lipinski definition) is 1. The van der Waals surface area contributed by atoms with Crippen molar-refractivity contribution in [2.24, 2.45) is 0 Å². The molecule has 2 heterocycles. The molecule has 6 heteroatoms. The molecule has 3 unspecified atom stereocenters. The highest BCUT2D eigenvalue weighted by molar-refractivity contribution is 7.11. The number of fused-ring (bicyclic) bond motifs is 1. The van der Waals surface area contributed by atoms with E-state index in [4.69, 9.17) is 9.47 Å². The second-order valence-corrected chi connectivity index (χ2v) is 6.96. The Kier molecular flexibility index (Phi) is 4.26. The van der Waals surface area contributed by atoms with Gasteiger partial charge in [0.05, 0.1) is 16.7 Å². The third kappa shape index (κ3) is 3.17. The molecule has 122 valence electrons. The fourth-order valence-electron chi connectivity index (χ4n) is 2.72. The van der Waals surface area contributed by atoms with Crippen molar-refractivity contribution >= 4 is 17.2 Å². The van der Waals surface area contributed by atoms with Crippen LogP contribution in [-0.2, 0) is 4.79 Å². The number of para-hydroxylation sites is 2. The molecule has 1 aromatic heterocycles. The number of nitrogens with zero attached hydrogens (tertiary/aromatic N) is 1. The lowest BCUT2D eigenvalue weighted by molar-refractivity contribution is -0.134. The number of benzene rings is 1. The van der Waals surface area contributed by atoms with Crippen LogP contribution < -0.4 is 14.8 Å². The minimum Gasteiger partial charge on any atom is -0.482 e. The van der Waals surface area contributed by atoms with E-state index in [9.17, 15) is 4.79 Å². The van der Waals surface area contributed by atoms with Crippen LogP contribution in [0.4, 0.5) is 0 Å². The molecule has 2 aromatic rings. The lowest BCUT2D eigenvalue weighted by Crippen LogP contribution is -2.49. The summed E-state index contributed by atoms with van der Waals surface area (Å²) >= 11 is 1.60. The van der Waals surface area contributed by atoms with Gasteiger partial charge in [0.2, 0.25) is 6.10 Å². The number of hydrogen-bond acceptors (Lipinski definition) is 5. The molecule has 1 N–H and O–H groups in total. The average Bonchev–Trinajstić information content (AvgIpc) is 2.85. The largest absolute Gasteiger partial charge is 0.482 e. The fourth-order valence-corrected chi connectivity index (χ4v) is 3.65. The molecule has 3 rings (SSSR count). The van der Waals surface area contributed by atoms with E-state index in [0.717, 1.165) is 15.6 Å². The number of carbonyl (C=O) groups is 1. The second kappa shape index (κ2) is 6.20. The molecule has 3 atom stereocenters. The number of amides is 1. The zero-order chi connectivity index (χ0) is 16.6. The third-order valence-electron chi connectivity index (χ3n) is 3.79. The quantitative estimate of drug-likeness (QED) is 0.938. The maximum Gasteiger partial charge on any atom is 0.265 e. The summed E-state index contributed by atoms with van der Waals surface area (Å²) in [6, 6.07) is 7.28. The Bertz CT molecular complexity index is 728.